The molecule has 0 aromatic heterocycles. The lowest BCUT2D eigenvalue weighted by Crippen LogP contribution is -2.43. The molecule has 5 unspecified atom stereocenters. The number of carboxylic acid groups (broad SMARTS) is 1. The number of aliphatic hydroxyl groups excluding tert-OH is 5. The van der Waals surface area contributed by atoms with Crippen molar-refractivity contribution in [2.45, 2.75) is 44.4 Å². The van der Waals surface area contributed by atoms with Crippen molar-refractivity contribution >= 4 is 12.3 Å². The Bertz CT molecular complexity index is 227. The van der Waals surface area contributed by atoms with E-state index in [1.165, 1.54) is 13.8 Å². The molecule has 0 fully saturated rings. The van der Waals surface area contributed by atoms with Crippen LogP contribution in [0.25, 0.3) is 0 Å². The quantitative estimate of drug-likeness (QED) is 0.285. The van der Waals surface area contributed by atoms with Gasteiger partial charge in [0.05, 0.1) is 6.10 Å². The van der Waals surface area contributed by atoms with Gasteiger partial charge in [-0.05, 0) is 13.8 Å². The van der Waals surface area contributed by atoms with Crippen LogP contribution in [0.3, 0.4) is 0 Å². The van der Waals surface area contributed by atoms with Gasteiger partial charge in [-0.1, -0.05) is 0 Å². The molecule has 5 atom stereocenters. The summed E-state index contributed by atoms with van der Waals surface area (Å²) in [4.78, 5) is 19.3. The molecule has 0 aromatic rings. The molecule has 0 bridgehead atoms. The number of hydrogen-bond donors (Lipinski definition) is 6. The molecule has 0 spiro atoms. The summed E-state index contributed by atoms with van der Waals surface area (Å²) in [6.45, 7) is 2.44. The highest BCUT2D eigenvalue weighted by atomic mass is 16.4. The molecule has 17 heavy (non-hydrogen) atoms. The third-order valence-corrected chi connectivity index (χ3v) is 1.69. The van der Waals surface area contributed by atoms with E-state index in [1.54, 1.807) is 0 Å². The van der Waals surface area contributed by atoms with Crippen LogP contribution in [0.5, 0.6) is 0 Å². The number of rotatable bonds is 5. The van der Waals surface area contributed by atoms with E-state index in [0.29, 0.717) is 0 Å². The Kier molecular flexibility index (Phi) is 9.72. The first kappa shape index (κ1) is 18.3. The summed E-state index contributed by atoms with van der Waals surface area (Å²) < 4.78 is 0. The fraction of sp³-hybridized carbons (Fsp3) is 0.778. The van der Waals surface area contributed by atoms with E-state index in [-0.39, 0.29) is 6.29 Å². The zero-order valence-corrected chi connectivity index (χ0v) is 9.46. The smallest absolute Gasteiger partial charge is 0.332 e. The van der Waals surface area contributed by atoms with Crippen molar-refractivity contribution in [2.75, 3.05) is 0 Å². The highest BCUT2D eigenvalue weighted by Gasteiger charge is 2.27. The molecular formula is C9H18O8. The standard InChI is InChI=1S/C6H12O5.C3H6O3/c1-3(8)5(10)6(11)4(9)2-7;1-2(4)3(5)6/h2-6,8-11H,1H3;2,4H,1H3,(H,5,6). The Morgan fingerprint density at radius 3 is 1.53 bits per heavy atom. The van der Waals surface area contributed by atoms with Crippen molar-refractivity contribution in [2.24, 2.45) is 0 Å². The normalized spacial score (nSPS) is 19.0. The molecule has 0 amide bonds. The monoisotopic (exact) mass is 254 g/mol. The molecule has 6 N–H and O–H groups in total. The molecule has 0 aliphatic carbocycles. The molecule has 0 saturated carbocycles. The molecule has 102 valence electrons. The minimum atomic E-state index is -1.65. The zero-order valence-electron chi connectivity index (χ0n) is 9.46. The first-order chi connectivity index (χ1) is 7.64. The average Bonchev–Trinajstić information content (AvgIpc) is 2.26. The Labute approximate surface area is 97.8 Å². The lowest BCUT2D eigenvalue weighted by molar-refractivity contribution is -0.145. The summed E-state index contributed by atoms with van der Waals surface area (Å²) in [5.74, 6) is -1.19. The lowest BCUT2D eigenvalue weighted by Gasteiger charge is -2.21. The highest BCUT2D eigenvalue weighted by Crippen LogP contribution is 2.02. The van der Waals surface area contributed by atoms with Crippen LogP contribution in [0.4, 0.5) is 0 Å². The van der Waals surface area contributed by atoms with Gasteiger partial charge in [0.2, 0.25) is 0 Å². The summed E-state index contributed by atoms with van der Waals surface area (Å²) in [6, 6.07) is 0. The molecule has 0 aliphatic heterocycles. The van der Waals surface area contributed by atoms with Gasteiger partial charge >= 0.3 is 5.97 Å². The van der Waals surface area contributed by atoms with Crippen LogP contribution in [-0.2, 0) is 9.59 Å². The van der Waals surface area contributed by atoms with Crippen LogP contribution >= 0.6 is 0 Å². The van der Waals surface area contributed by atoms with E-state index in [2.05, 4.69) is 0 Å². The third-order valence-electron chi connectivity index (χ3n) is 1.69. The predicted octanol–water partition coefficient (Wildman–Crippen LogP) is -2.90. The van der Waals surface area contributed by atoms with Gasteiger partial charge in [0, 0.05) is 0 Å². The van der Waals surface area contributed by atoms with Gasteiger partial charge in [-0.2, -0.15) is 0 Å². The molecule has 0 radical (unpaired) electrons. The maximum absolute atomic E-state index is 9.87. The van der Waals surface area contributed by atoms with Crippen LogP contribution < -0.4 is 0 Å². The van der Waals surface area contributed by atoms with E-state index in [4.69, 9.17) is 30.6 Å². The second kappa shape index (κ2) is 9.02. The average molecular weight is 254 g/mol. The van der Waals surface area contributed by atoms with Gasteiger partial charge in [0.25, 0.3) is 0 Å². The van der Waals surface area contributed by atoms with Gasteiger partial charge in [-0.25, -0.2) is 4.79 Å². The highest BCUT2D eigenvalue weighted by molar-refractivity contribution is 5.71. The summed E-state index contributed by atoms with van der Waals surface area (Å²) in [7, 11) is 0. The van der Waals surface area contributed by atoms with Crippen LogP contribution in [0.2, 0.25) is 0 Å². The molecule has 0 aromatic carbocycles. The predicted molar refractivity (Wildman–Crippen MR) is 55.1 cm³/mol. The van der Waals surface area contributed by atoms with Crippen molar-refractivity contribution in [3.63, 3.8) is 0 Å². The number of carbonyl (C=O) groups is 2. The number of aliphatic hydroxyl groups is 5. The first-order valence-electron chi connectivity index (χ1n) is 4.73. The fourth-order valence-electron chi connectivity index (χ4n) is 0.568. The van der Waals surface area contributed by atoms with E-state index in [0.717, 1.165) is 0 Å². The topological polar surface area (TPSA) is 156 Å². The first-order valence-corrected chi connectivity index (χ1v) is 4.73. The van der Waals surface area contributed by atoms with E-state index >= 15 is 0 Å². The van der Waals surface area contributed by atoms with Gasteiger partial charge in [0.15, 0.2) is 6.29 Å². The van der Waals surface area contributed by atoms with Gasteiger partial charge in [0.1, 0.15) is 24.4 Å². The third kappa shape index (κ3) is 8.72. The van der Waals surface area contributed by atoms with Crippen LogP contribution in [0.15, 0.2) is 0 Å². The van der Waals surface area contributed by atoms with Crippen LogP contribution in [-0.4, -0.2) is 73.4 Å². The maximum Gasteiger partial charge on any atom is 0.332 e. The fourth-order valence-corrected chi connectivity index (χ4v) is 0.568. The van der Waals surface area contributed by atoms with Crippen molar-refractivity contribution in [3.8, 4) is 0 Å². The van der Waals surface area contributed by atoms with Gasteiger partial charge < -0.3 is 35.4 Å². The summed E-state index contributed by atoms with van der Waals surface area (Å²) in [5, 5.41) is 50.9. The molecular weight excluding hydrogens is 236 g/mol. The second-order valence-electron chi connectivity index (χ2n) is 3.36. The largest absolute Gasteiger partial charge is 0.479 e. The summed E-state index contributed by atoms with van der Waals surface area (Å²) >= 11 is 0. The Morgan fingerprint density at radius 2 is 1.35 bits per heavy atom. The number of aliphatic carboxylic acids is 1. The lowest BCUT2D eigenvalue weighted by atomic mass is 10.1. The molecule has 0 saturated heterocycles. The van der Waals surface area contributed by atoms with Crippen molar-refractivity contribution in [1.29, 1.82) is 0 Å². The number of carbonyl (C=O) groups excluding carboxylic acids is 1. The number of hydrogen-bond acceptors (Lipinski definition) is 7. The molecule has 8 heteroatoms. The SMILES string of the molecule is CC(O)C(=O)O.CC(O)C(O)C(O)C(O)C=O. The minimum absolute atomic E-state index is 0.0935. The molecule has 0 aliphatic rings. The van der Waals surface area contributed by atoms with Crippen molar-refractivity contribution in [3.05, 3.63) is 0 Å². The number of aldehydes is 1. The Morgan fingerprint density at radius 1 is 1.00 bits per heavy atom. The van der Waals surface area contributed by atoms with E-state index in [1.807, 2.05) is 0 Å². The molecule has 8 nitrogen and oxygen atoms in total. The number of carboxylic acids is 1. The van der Waals surface area contributed by atoms with Crippen LogP contribution in [0.1, 0.15) is 13.8 Å². The Hall–Kier alpha value is -1.06. The maximum atomic E-state index is 9.87. The van der Waals surface area contributed by atoms with Gasteiger partial charge in [-0.3, -0.25) is 0 Å². The van der Waals surface area contributed by atoms with Crippen molar-refractivity contribution < 1.29 is 40.2 Å². The van der Waals surface area contributed by atoms with Crippen molar-refractivity contribution in [1.82, 2.24) is 0 Å². The Balaban J connectivity index is 0. The summed E-state index contributed by atoms with van der Waals surface area (Å²) in [6.07, 6.45) is -7.11. The summed E-state index contributed by atoms with van der Waals surface area (Å²) in [5.41, 5.74) is 0. The van der Waals surface area contributed by atoms with E-state index < -0.39 is 36.5 Å². The van der Waals surface area contributed by atoms with Crippen LogP contribution in [0, 0.1) is 0 Å². The molecule has 0 heterocycles. The second-order valence-corrected chi connectivity index (χ2v) is 3.36. The van der Waals surface area contributed by atoms with E-state index in [9.17, 15) is 9.59 Å². The minimum Gasteiger partial charge on any atom is -0.479 e. The molecule has 0 rings (SSSR count). The zero-order chi connectivity index (χ0) is 14.2. The van der Waals surface area contributed by atoms with Gasteiger partial charge in [-0.15, -0.1) is 0 Å².